The Labute approximate surface area is 207 Å². The summed E-state index contributed by atoms with van der Waals surface area (Å²) in [6.07, 6.45) is 6.94. The molecule has 0 aliphatic heterocycles. The van der Waals surface area contributed by atoms with Crippen molar-refractivity contribution < 1.29 is 4.74 Å². The molecule has 1 aromatic heterocycles. The first-order valence-electron chi connectivity index (χ1n) is 11.1. The van der Waals surface area contributed by atoms with E-state index in [2.05, 4.69) is 72.1 Å². The van der Waals surface area contributed by atoms with Crippen LogP contribution in [-0.4, -0.2) is 22.1 Å². The van der Waals surface area contributed by atoms with Gasteiger partial charge in [0.05, 0.1) is 5.69 Å². The lowest BCUT2D eigenvalue weighted by atomic mass is 10.1. The van der Waals surface area contributed by atoms with Crippen molar-refractivity contribution in [2.24, 2.45) is 0 Å². The van der Waals surface area contributed by atoms with Gasteiger partial charge < -0.3 is 10.1 Å². The number of para-hydroxylation sites is 1. The Kier molecular flexibility index (Phi) is 9.08. The summed E-state index contributed by atoms with van der Waals surface area (Å²) in [6, 6.07) is 18.1. The molecule has 0 aliphatic rings. The van der Waals surface area contributed by atoms with Crippen molar-refractivity contribution in [3.05, 3.63) is 103 Å². The molecule has 6 heteroatoms. The third kappa shape index (κ3) is 7.90. The van der Waals surface area contributed by atoms with Gasteiger partial charge in [-0.1, -0.05) is 67.6 Å². The molecule has 0 fully saturated rings. The minimum absolute atomic E-state index is 0.0765. The molecule has 0 amide bonds. The molecule has 3 rings (SSSR count). The number of rotatable bonds is 11. The number of benzene rings is 2. The lowest BCUT2D eigenvalue weighted by Crippen LogP contribution is -2.29. The van der Waals surface area contributed by atoms with Crippen molar-refractivity contribution in [2.75, 3.05) is 11.9 Å². The zero-order valence-corrected chi connectivity index (χ0v) is 20.9. The van der Waals surface area contributed by atoms with Crippen molar-refractivity contribution in [2.45, 2.75) is 32.1 Å². The van der Waals surface area contributed by atoms with Gasteiger partial charge in [0.1, 0.15) is 24.5 Å². The van der Waals surface area contributed by atoms with E-state index in [1.54, 1.807) is 30.4 Å². The minimum Gasteiger partial charge on any atom is -0.488 e. The molecular weight excluding hydrogens is 440 g/mol. The zero-order chi connectivity index (χ0) is 24.4. The van der Waals surface area contributed by atoms with Crippen LogP contribution in [0.3, 0.4) is 0 Å². The number of hydrogen-bond donors (Lipinski definition) is 2. The Bertz CT molecular complexity index is 1150. The highest BCUT2D eigenvalue weighted by Gasteiger charge is 2.10. The number of aromatic nitrogens is 2. The summed E-state index contributed by atoms with van der Waals surface area (Å²) in [5.41, 5.74) is 4.91. The fourth-order valence-electron chi connectivity index (χ4n) is 3.09. The van der Waals surface area contributed by atoms with Crippen LogP contribution in [0.25, 0.3) is 11.3 Å². The number of anilines is 2. The third-order valence-electron chi connectivity index (χ3n) is 4.64. The summed E-state index contributed by atoms with van der Waals surface area (Å²) in [6.45, 7) is 14.4. The first-order chi connectivity index (χ1) is 16.4. The van der Waals surface area contributed by atoms with E-state index in [0.717, 1.165) is 39.8 Å². The maximum atomic E-state index is 6.06. The Morgan fingerprint density at radius 1 is 1.06 bits per heavy atom. The maximum Gasteiger partial charge on any atom is 0.134 e. The van der Waals surface area contributed by atoms with Crippen LogP contribution in [0.5, 0.6) is 5.75 Å². The molecule has 176 valence electrons. The highest BCUT2D eigenvalue weighted by Crippen LogP contribution is 2.30. The zero-order valence-electron chi connectivity index (χ0n) is 20.0. The number of ether oxygens (including phenoxy) is 1. The van der Waals surface area contributed by atoms with Gasteiger partial charge in [0.2, 0.25) is 0 Å². The predicted molar refractivity (Wildman–Crippen MR) is 145 cm³/mol. The average Bonchev–Trinajstić information content (AvgIpc) is 2.81. The van der Waals surface area contributed by atoms with Gasteiger partial charge in [-0.2, -0.15) is 0 Å². The highest BCUT2D eigenvalue weighted by atomic mass is 32.2. The van der Waals surface area contributed by atoms with E-state index in [0.29, 0.717) is 6.61 Å². The van der Waals surface area contributed by atoms with Crippen molar-refractivity contribution in [1.29, 1.82) is 0 Å². The molecule has 0 saturated heterocycles. The first kappa shape index (κ1) is 25.3. The summed E-state index contributed by atoms with van der Waals surface area (Å²) in [4.78, 5) is 8.89. The van der Waals surface area contributed by atoms with Crippen LogP contribution < -0.4 is 14.8 Å². The van der Waals surface area contributed by atoms with Gasteiger partial charge in [-0.3, -0.25) is 4.72 Å². The monoisotopic (exact) mass is 472 g/mol. The summed E-state index contributed by atoms with van der Waals surface area (Å²) in [5.74, 6) is 2.34. The molecular formula is C28H32N4OS. The Morgan fingerprint density at radius 2 is 1.88 bits per heavy atom. The Morgan fingerprint density at radius 3 is 2.65 bits per heavy atom. The van der Waals surface area contributed by atoms with E-state index in [9.17, 15) is 0 Å². The van der Waals surface area contributed by atoms with Gasteiger partial charge in [0.15, 0.2) is 0 Å². The molecule has 0 bridgehead atoms. The van der Waals surface area contributed by atoms with Crippen molar-refractivity contribution in [1.82, 2.24) is 14.7 Å². The second-order valence-electron chi connectivity index (χ2n) is 8.72. The van der Waals surface area contributed by atoms with Gasteiger partial charge in [0, 0.05) is 28.6 Å². The summed E-state index contributed by atoms with van der Waals surface area (Å²) in [5, 5.41) is 3.40. The maximum absolute atomic E-state index is 6.06. The van der Waals surface area contributed by atoms with E-state index in [1.165, 1.54) is 5.56 Å². The summed E-state index contributed by atoms with van der Waals surface area (Å²) < 4.78 is 9.50. The largest absolute Gasteiger partial charge is 0.488 e. The lowest BCUT2D eigenvalue weighted by molar-refractivity contribution is 0.357. The second-order valence-corrected chi connectivity index (χ2v) is 9.50. The lowest BCUT2D eigenvalue weighted by Gasteiger charge is -2.19. The molecule has 2 aromatic carbocycles. The van der Waals surface area contributed by atoms with Gasteiger partial charge in [0.25, 0.3) is 0 Å². The molecule has 34 heavy (non-hydrogen) atoms. The molecule has 2 N–H and O–H groups in total. The summed E-state index contributed by atoms with van der Waals surface area (Å²) in [7, 11) is 0. The van der Waals surface area contributed by atoms with Crippen LogP contribution in [0.4, 0.5) is 11.5 Å². The van der Waals surface area contributed by atoms with E-state index in [4.69, 9.17) is 4.74 Å². The molecule has 5 nitrogen and oxygen atoms in total. The fraction of sp³-hybridized carbons (Fsp3) is 0.214. The van der Waals surface area contributed by atoms with Crippen LogP contribution in [-0.2, 0) is 5.75 Å². The molecule has 0 unspecified atom stereocenters. The van der Waals surface area contributed by atoms with Gasteiger partial charge in [-0.05, 0) is 56.2 Å². The molecule has 0 aliphatic carbocycles. The molecule has 0 spiro atoms. The smallest absolute Gasteiger partial charge is 0.134 e. The van der Waals surface area contributed by atoms with Crippen molar-refractivity contribution in [3.8, 4) is 17.0 Å². The van der Waals surface area contributed by atoms with Gasteiger partial charge in [-0.15, -0.1) is 0 Å². The minimum atomic E-state index is 0.0765. The van der Waals surface area contributed by atoms with E-state index in [-0.39, 0.29) is 5.54 Å². The average molecular weight is 473 g/mol. The van der Waals surface area contributed by atoms with Crippen molar-refractivity contribution >= 4 is 23.5 Å². The fourth-order valence-corrected chi connectivity index (χ4v) is 3.94. The van der Waals surface area contributed by atoms with Crippen LogP contribution in [0, 0.1) is 0 Å². The molecule has 0 atom stereocenters. The number of nitrogens with zero attached hydrogens (tertiary/aromatic N) is 2. The summed E-state index contributed by atoms with van der Waals surface area (Å²) >= 11 is 1.71. The standard InChI is InChI=1S/C28H32N4OS/c1-6-11-21(7-2)18-33-26-15-9-8-14-24(26)25-17-27(30-20-29-25)31-23-13-10-12-22(16-23)19-34-32-28(3,4)5/h6-17,20,32H,1-2,18-19H2,3-5H3,(H,29,30,31)/b21-11+. The SMILES string of the molecule is C=C/C=C(\C=C)COc1ccccc1-c1cc(Nc2cccc(CSNC(C)(C)C)c2)ncn1. The second kappa shape index (κ2) is 12.2. The van der Waals surface area contributed by atoms with Gasteiger partial charge in [-0.25, -0.2) is 9.97 Å². The topological polar surface area (TPSA) is 59.1 Å². The number of nitrogens with one attached hydrogen (secondary N) is 2. The third-order valence-corrected chi connectivity index (χ3v) is 5.87. The van der Waals surface area contributed by atoms with Crippen LogP contribution in [0.2, 0.25) is 0 Å². The van der Waals surface area contributed by atoms with Crippen LogP contribution >= 0.6 is 11.9 Å². The van der Waals surface area contributed by atoms with E-state index in [1.807, 2.05) is 42.5 Å². The predicted octanol–water partition coefficient (Wildman–Crippen LogP) is 7.10. The molecule has 1 heterocycles. The quantitative estimate of drug-likeness (QED) is 0.229. The number of hydrogen-bond acceptors (Lipinski definition) is 6. The Balaban J connectivity index is 1.74. The van der Waals surface area contributed by atoms with Gasteiger partial charge >= 0.3 is 0 Å². The normalized spacial score (nSPS) is 11.7. The Hall–Kier alpha value is -3.35. The first-order valence-corrected chi connectivity index (χ1v) is 12.1. The molecule has 3 aromatic rings. The van der Waals surface area contributed by atoms with Crippen LogP contribution in [0.15, 0.2) is 97.9 Å². The van der Waals surface area contributed by atoms with E-state index < -0.39 is 0 Å². The molecule has 0 saturated carbocycles. The number of allylic oxidation sites excluding steroid dienone is 2. The highest BCUT2D eigenvalue weighted by molar-refractivity contribution is 7.96. The molecule has 0 radical (unpaired) electrons. The van der Waals surface area contributed by atoms with Crippen molar-refractivity contribution in [3.63, 3.8) is 0 Å². The van der Waals surface area contributed by atoms with Crippen LogP contribution in [0.1, 0.15) is 26.3 Å². The van der Waals surface area contributed by atoms with E-state index >= 15 is 0 Å².